The summed E-state index contributed by atoms with van der Waals surface area (Å²) in [5.41, 5.74) is 0.273. The topological polar surface area (TPSA) is 79.8 Å². The van der Waals surface area contributed by atoms with Crippen LogP contribution in [-0.4, -0.2) is 59.2 Å². The van der Waals surface area contributed by atoms with Gasteiger partial charge in [0.1, 0.15) is 0 Å². The van der Waals surface area contributed by atoms with Crippen molar-refractivity contribution in [3.63, 3.8) is 0 Å². The summed E-state index contributed by atoms with van der Waals surface area (Å²) in [7, 11) is -1.06. The molecular weight excluding hydrogens is 326 g/mol. The highest BCUT2D eigenvalue weighted by molar-refractivity contribution is 7.91. The Morgan fingerprint density at radius 1 is 1.29 bits per heavy atom. The van der Waals surface area contributed by atoms with Gasteiger partial charge in [0, 0.05) is 33.4 Å². The highest BCUT2D eigenvalue weighted by atomic mass is 32.2. The van der Waals surface area contributed by atoms with Crippen LogP contribution in [0.4, 0.5) is 0 Å². The summed E-state index contributed by atoms with van der Waals surface area (Å²) >= 11 is 0. The maximum atomic E-state index is 11.6. The average Bonchev–Trinajstić information content (AvgIpc) is 3.15. The van der Waals surface area contributed by atoms with Gasteiger partial charge in [0.05, 0.1) is 11.5 Å². The highest BCUT2D eigenvalue weighted by Crippen LogP contribution is 2.41. The van der Waals surface area contributed by atoms with E-state index in [4.69, 9.17) is 9.73 Å². The number of hydrogen-bond donors (Lipinski definition) is 2. The van der Waals surface area contributed by atoms with Crippen molar-refractivity contribution >= 4 is 15.8 Å². The average molecular weight is 360 g/mol. The molecule has 7 heteroatoms. The third kappa shape index (κ3) is 5.92. The maximum Gasteiger partial charge on any atom is 0.191 e. The second-order valence-corrected chi connectivity index (χ2v) is 9.52. The van der Waals surface area contributed by atoms with Gasteiger partial charge in [-0.2, -0.15) is 0 Å². The Kier molecular flexibility index (Phi) is 7.34. The molecule has 2 N–H and O–H groups in total. The molecule has 0 amide bonds. The van der Waals surface area contributed by atoms with Crippen LogP contribution >= 0.6 is 0 Å². The van der Waals surface area contributed by atoms with E-state index in [0.717, 1.165) is 38.5 Å². The summed E-state index contributed by atoms with van der Waals surface area (Å²) in [6.45, 7) is 5.14. The van der Waals surface area contributed by atoms with Crippen molar-refractivity contribution in [3.8, 4) is 0 Å². The zero-order chi connectivity index (χ0) is 17.5. The Hall–Kier alpha value is -0.820. The van der Waals surface area contributed by atoms with Crippen LogP contribution in [0.15, 0.2) is 4.99 Å². The molecule has 0 aromatic heterocycles. The first-order valence-electron chi connectivity index (χ1n) is 9.20. The van der Waals surface area contributed by atoms with Crippen molar-refractivity contribution in [1.82, 2.24) is 10.6 Å². The molecule has 1 unspecified atom stereocenters. The van der Waals surface area contributed by atoms with Crippen molar-refractivity contribution in [3.05, 3.63) is 0 Å². The van der Waals surface area contributed by atoms with E-state index in [9.17, 15) is 8.42 Å². The number of guanidine groups is 1. The van der Waals surface area contributed by atoms with E-state index < -0.39 is 9.84 Å². The molecule has 1 aliphatic heterocycles. The van der Waals surface area contributed by atoms with Gasteiger partial charge in [0.2, 0.25) is 0 Å². The fourth-order valence-corrected chi connectivity index (χ4v) is 5.66. The van der Waals surface area contributed by atoms with Crippen LogP contribution in [0.1, 0.15) is 45.4 Å². The first kappa shape index (κ1) is 19.5. The Morgan fingerprint density at radius 3 is 2.62 bits per heavy atom. The molecule has 2 rings (SSSR count). The minimum Gasteiger partial charge on any atom is -0.385 e. The standard InChI is InChI=1S/C17H33N3O3S/c1-3-18-16(19-12-15-6-11-24(21,22)13-15)20-14-17(9-10-23-2)7-4-5-8-17/h15H,3-14H2,1-2H3,(H2,18,19,20). The molecule has 24 heavy (non-hydrogen) atoms. The van der Waals surface area contributed by atoms with Gasteiger partial charge < -0.3 is 15.4 Å². The largest absolute Gasteiger partial charge is 0.385 e. The molecule has 1 atom stereocenters. The molecule has 1 heterocycles. The van der Waals surface area contributed by atoms with Gasteiger partial charge >= 0.3 is 0 Å². The lowest BCUT2D eigenvalue weighted by atomic mass is 9.83. The van der Waals surface area contributed by atoms with Crippen molar-refractivity contribution in [2.75, 3.05) is 44.9 Å². The molecule has 6 nitrogen and oxygen atoms in total. The van der Waals surface area contributed by atoms with Crippen LogP contribution in [0.5, 0.6) is 0 Å². The summed E-state index contributed by atoms with van der Waals surface area (Å²) in [6, 6.07) is 0. The molecule has 0 aromatic carbocycles. The molecule has 1 aliphatic carbocycles. The third-order valence-corrected chi connectivity index (χ3v) is 7.14. The molecule has 0 bridgehead atoms. The molecule has 1 saturated carbocycles. The number of sulfone groups is 1. The minimum atomic E-state index is -2.82. The number of hydrogen-bond acceptors (Lipinski definition) is 4. The van der Waals surface area contributed by atoms with E-state index in [1.165, 1.54) is 25.7 Å². The third-order valence-electron chi connectivity index (χ3n) is 5.30. The van der Waals surface area contributed by atoms with E-state index in [1.807, 2.05) is 6.92 Å². The fraction of sp³-hybridized carbons (Fsp3) is 0.941. The lowest BCUT2D eigenvalue weighted by Gasteiger charge is -2.27. The van der Waals surface area contributed by atoms with Crippen LogP contribution in [0.2, 0.25) is 0 Å². The van der Waals surface area contributed by atoms with Gasteiger partial charge in [0.15, 0.2) is 15.8 Å². The first-order valence-corrected chi connectivity index (χ1v) is 11.0. The fourth-order valence-electron chi connectivity index (χ4n) is 3.79. The number of rotatable bonds is 8. The van der Waals surface area contributed by atoms with Crippen LogP contribution in [0.3, 0.4) is 0 Å². The number of nitrogens with zero attached hydrogens (tertiary/aromatic N) is 1. The van der Waals surface area contributed by atoms with Crippen molar-refractivity contribution < 1.29 is 13.2 Å². The van der Waals surface area contributed by atoms with Gasteiger partial charge in [-0.15, -0.1) is 0 Å². The summed E-state index contributed by atoms with van der Waals surface area (Å²) in [6.07, 6.45) is 6.83. The highest BCUT2D eigenvalue weighted by Gasteiger charge is 2.33. The van der Waals surface area contributed by atoms with Crippen LogP contribution in [-0.2, 0) is 14.6 Å². The number of ether oxygens (including phenoxy) is 1. The van der Waals surface area contributed by atoms with Gasteiger partial charge in [-0.3, -0.25) is 4.99 Å². The number of nitrogens with one attached hydrogen (secondary N) is 2. The van der Waals surface area contributed by atoms with E-state index in [1.54, 1.807) is 7.11 Å². The molecule has 0 spiro atoms. The smallest absolute Gasteiger partial charge is 0.191 e. The summed E-state index contributed by atoms with van der Waals surface area (Å²) in [5.74, 6) is 1.64. The normalized spacial score (nSPS) is 25.8. The zero-order valence-electron chi connectivity index (χ0n) is 15.1. The minimum absolute atomic E-state index is 0.202. The lowest BCUT2D eigenvalue weighted by Crippen LogP contribution is -2.41. The maximum absolute atomic E-state index is 11.6. The molecule has 1 saturated heterocycles. The van der Waals surface area contributed by atoms with Crippen molar-refractivity contribution in [2.45, 2.75) is 45.4 Å². The zero-order valence-corrected chi connectivity index (χ0v) is 16.0. The molecular formula is C17H33N3O3S. The Labute approximate surface area is 146 Å². The summed E-state index contributed by atoms with van der Waals surface area (Å²) in [4.78, 5) is 4.81. The van der Waals surface area contributed by atoms with Crippen LogP contribution < -0.4 is 10.6 Å². The molecule has 2 aliphatic rings. The second kappa shape index (κ2) is 9.04. The molecule has 0 radical (unpaired) electrons. The van der Waals surface area contributed by atoms with Crippen molar-refractivity contribution in [1.29, 1.82) is 0 Å². The SMILES string of the molecule is CCNC(=NCC1(CCOC)CCCC1)NCC1CCS(=O)(=O)C1. The quantitative estimate of drug-likeness (QED) is 0.508. The van der Waals surface area contributed by atoms with E-state index >= 15 is 0 Å². The van der Waals surface area contributed by atoms with Crippen LogP contribution in [0, 0.1) is 11.3 Å². The van der Waals surface area contributed by atoms with Crippen LogP contribution in [0.25, 0.3) is 0 Å². The van der Waals surface area contributed by atoms with Gasteiger partial charge in [-0.1, -0.05) is 12.8 Å². The lowest BCUT2D eigenvalue weighted by molar-refractivity contribution is 0.141. The molecule has 0 aromatic rings. The summed E-state index contributed by atoms with van der Waals surface area (Å²) in [5, 5.41) is 6.62. The molecule has 140 valence electrons. The van der Waals surface area contributed by atoms with E-state index in [-0.39, 0.29) is 11.3 Å². The number of methoxy groups -OCH3 is 1. The van der Waals surface area contributed by atoms with Gasteiger partial charge in [0.25, 0.3) is 0 Å². The predicted octanol–water partition coefficient (Wildman–Crippen LogP) is 1.57. The Balaban J connectivity index is 1.89. The predicted molar refractivity (Wildman–Crippen MR) is 98.1 cm³/mol. The van der Waals surface area contributed by atoms with Crippen molar-refractivity contribution in [2.24, 2.45) is 16.3 Å². The Bertz CT molecular complexity index is 513. The Morgan fingerprint density at radius 2 is 2.04 bits per heavy atom. The van der Waals surface area contributed by atoms with E-state index in [2.05, 4.69) is 10.6 Å². The van der Waals surface area contributed by atoms with Gasteiger partial charge in [-0.05, 0) is 43.9 Å². The first-order chi connectivity index (χ1) is 11.5. The molecule has 2 fully saturated rings. The van der Waals surface area contributed by atoms with E-state index in [0.29, 0.717) is 18.1 Å². The second-order valence-electron chi connectivity index (χ2n) is 7.30. The monoisotopic (exact) mass is 359 g/mol. The van der Waals surface area contributed by atoms with Gasteiger partial charge in [-0.25, -0.2) is 8.42 Å². The number of aliphatic imine (C=N–C) groups is 1. The summed E-state index contributed by atoms with van der Waals surface area (Å²) < 4.78 is 28.4.